The van der Waals surface area contributed by atoms with E-state index in [1.165, 1.54) is 12.1 Å². The highest BCUT2D eigenvalue weighted by Gasteiger charge is 2.28. The molecule has 0 spiro atoms. The molecule has 1 aromatic carbocycles. The van der Waals surface area contributed by atoms with Crippen LogP contribution in [0.15, 0.2) is 12.1 Å². The monoisotopic (exact) mass is 279 g/mol. The molecule has 20 heavy (non-hydrogen) atoms. The summed E-state index contributed by atoms with van der Waals surface area (Å²) in [6, 6.07) is 3.03. The van der Waals surface area contributed by atoms with Crippen LogP contribution < -0.4 is 5.32 Å². The molecule has 2 rings (SSSR count). The largest absolute Gasteiger partial charge is 0.317 e. The van der Waals surface area contributed by atoms with E-state index in [4.69, 9.17) is 0 Å². The number of hydrogen-bond donors (Lipinski definition) is 1. The molecule has 0 atom stereocenters. The second kappa shape index (κ2) is 5.96. The van der Waals surface area contributed by atoms with Gasteiger partial charge in [0.2, 0.25) is 0 Å². The van der Waals surface area contributed by atoms with E-state index < -0.39 is 9.85 Å². The molecule has 7 heteroatoms. The van der Waals surface area contributed by atoms with Gasteiger partial charge in [-0.1, -0.05) is 6.92 Å². The van der Waals surface area contributed by atoms with E-state index in [0.717, 1.165) is 25.9 Å². The number of nitrogens with one attached hydrogen (secondary N) is 1. The predicted octanol–water partition coefficient (Wildman–Crippen LogP) is 2.53. The number of benzene rings is 1. The Bertz CT molecular complexity index is 503. The van der Waals surface area contributed by atoms with Crippen LogP contribution in [0, 0.1) is 20.2 Å². The van der Waals surface area contributed by atoms with Crippen LogP contribution in [0.25, 0.3) is 0 Å². The van der Waals surface area contributed by atoms with E-state index in [0.29, 0.717) is 5.56 Å². The summed E-state index contributed by atoms with van der Waals surface area (Å²) in [7, 11) is 0. The van der Waals surface area contributed by atoms with E-state index in [-0.39, 0.29) is 29.3 Å². The average molecular weight is 279 g/mol. The summed E-state index contributed by atoms with van der Waals surface area (Å²) in [5.41, 5.74) is 0.658. The predicted molar refractivity (Wildman–Crippen MR) is 74.0 cm³/mol. The van der Waals surface area contributed by atoms with E-state index in [1.807, 2.05) is 0 Å². The molecule has 1 N–H and O–H groups in total. The van der Waals surface area contributed by atoms with E-state index >= 15 is 0 Å². The molecule has 0 saturated carbocycles. The van der Waals surface area contributed by atoms with Crippen molar-refractivity contribution in [3.05, 3.63) is 43.5 Å². The maximum absolute atomic E-state index is 11.2. The number of hydrogen-bond acceptors (Lipinski definition) is 5. The SMILES string of the molecule is CCc1c([N+](=O)[O-])cc(C2CCNCC2)cc1[N+](=O)[O-]. The molecule has 0 bridgehead atoms. The van der Waals surface area contributed by atoms with Gasteiger partial charge in [0.05, 0.1) is 9.85 Å². The Hall–Kier alpha value is -2.02. The minimum absolute atomic E-state index is 0.129. The van der Waals surface area contributed by atoms with E-state index in [2.05, 4.69) is 5.32 Å². The summed E-state index contributed by atoms with van der Waals surface area (Å²) in [5.74, 6) is 0.152. The molecule has 0 radical (unpaired) electrons. The lowest BCUT2D eigenvalue weighted by atomic mass is 9.88. The number of rotatable bonds is 4. The van der Waals surface area contributed by atoms with Crippen molar-refractivity contribution < 1.29 is 9.85 Å². The summed E-state index contributed by atoms with van der Waals surface area (Å²) in [6.07, 6.45) is 1.97. The first kappa shape index (κ1) is 14.4. The smallest absolute Gasteiger partial charge is 0.279 e. The van der Waals surface area contributed by atoms with Crippen LogP contribution in [-0.2, 0) is 6.42 Å². The van der Waals surface area contributed by atoms with Crippen molar-refractivity contribution in [2.24, 2.45) is 0 Å². The van der Waals surface area contributed by atoms with Crippen molar-refractivity contribution in [2.75, 3.05) is 13.1 Å². The van der Waals surface area contributed by atoms with Gasteiger partial charge in [-0.3, -0.25) is 20.2 Å². The van der Waals surface area contributed by atoms with Gasteiger partial charge in [-0.2, -0.15) is 0 Å². The van der Waals surface area contributed by atoms with Crippen LogP contribution in [-0.4, -0.2) is 22.9 Å². The molecular weight excluding hydrogens is 262 g/mol. The maximum atomic E-state index is 11.2. The van der Waals surface area contributed by atoms with Gasteiger partial charge in [0.15, 0.2) is 0 Å². The Morgan fingerprint density at radius 2 is 1.65 bits per heavy atom. The number of piperidine rings is 1. The van der Waals surface area contributed by atoms with Crippen LogP contribution >= 0.6 is 0 Å². The molecule has 0 amide bonds. The number of nitro benzene ring substituents is 2. The lowest BCUT2D eigenvalue weighted by Gasteiger charge is -2.23. The molecular formula is C13H17N3O4. The molecule has 7 nitrogen and oxygen atoms in total. The summed E-state index contributed by atoms with van der Waals surface area (Å²) in [4.78, 5) is 21.3. The minimum atomic E-state index is -0.517. The third-order valence-electron chi connectivity index (χ3n) is 3.78. The van der Waals surface area contributed by atoms with Gasteiger partial charge in [0.1, 0.15) is 5.56 Å². The highest BCUT2D eigenvalue weighted by atomic mass is 16.6. The molecule has 108 valence electrons. The zero-order valence-corrected chi connectivity index (χ0v) is 11.3. The molecule has 1 fully saturated rings. The van der Waals surface area contributed by atoms with Gasteiger partial charge in [0, 0.05) is 12.1 Å². The van der Waals surface area contributed by atoms with Crippen LogP contribution in [0.5, 0.6) is 0 Å². The number of nitro groups is 2. The molecule has 1 aliphatic rings. The molecule has 1 aliphatic heterocycles. The van der Waals surface area contributed by atoms with Crippen molar-refractivity contribution >= 4 is 11.4 Å². The van der Waals surface area contributed by atoms with Crippen molar-refractivity contribution in [3.8, 4) is 0 Å². The fourth-order valence-corrected chi connectivity index (χ4v) is 2.74. The first-order chi connectivity index (χ1) is 9.54. The third kappa shape index (κ3) is 2.77. The Morgan fingerprint density at radius 3 is 2.05 bits per heavy atom. The van der Waals surface area contributed by atoms with Gasteiger partial charge >= 0.3 is 0 Å². The normalized spacial score (nSPS) is 16.1. The molecule has 0 aromatic heterocycles. The zero-order valence-electron chi connectivity index (χ0n) is 11.3. The fraction of sp³-hybridized carbons (Fsp3) is 0.538. The number of nitrogens with zero attached hydrogens (tertiary/aromatic N) is 2. The summed E-state index contributed by atoms with van der Waals surface area (Å²) in [6.45, 7) is 3.36. The van der Waals surface area contributed by atoms with Gasteiger partial charge in [-0.15, -0.1) is 0 Å². The lowest BCUT2D eigenvalue weighted by Crippen LogP contribution is -2.26. The highest BCUT2D eigenvalue weighted by Crippen LogP contribution is 2.36. The summed E-state index contributed by atoms with van der Waals surface area (Å²) < 4.78 is 0. The molecule has 0 unspecified atom stereocenters. The summed E-state index contributed by atoms with van der Waals surface area (Å²) in [5, 5.41) is 25.5. The highest BCUT2D eigenvalue weighted by molar-refractivity contribution is 5.57. The quantitative estimate of drug-likeness (QED) is 0.674. The molecule has 1 saturated heterocycles. The standard InChI is InChI=1S/C13H17N3O4/c1-2-11-12(15(17)18)7-10(8-13(11)16(19)20)9-3-5-14-6-4-9/h7-9,14H,2-6H2,1H3. The van der Waals surface area contributed by atoms with Crippen molar-refractivity contribution in [1.82, 2.24) is 5.32 Å². The Labute approximate surface area is 116 Å². The van der Waals surface area contributed by atoms with Gasteiger partial charge in [-0.25, -0.2) is 0 Å². The first-order valence-corrected chi connectivity index (χ1v) is 6.71. The molecule has 1 heterocycles. The molecule has 1 aromatic rings. The van der Waals surface area contributed by atoms with E-state index in [9.17, 15) is 20.2 Å². The fourth-order valence-electron chi connectivity index (χ4n) is 2.74. The Morgan fingerprint density at radius 1 is 1.15 bits per heavy atom. The maximum Gasteiger partial charge on any atom is 0.279 e. The van der Waals surface area contributed by atoms with Gasteiger partial charge in [-0.05, 0) is 43.8 Å². The molecule has 0 aliphatic carbocycles. The van der Waals surface area contributed by atoms with Crippen LogP contribution in [0.1, 0.15) is 36.8 Å². The van der Waals surface area contributed by atoms with Crippen molar-refractivity contribution in [2.45, 2.75) is 32.1 Å². The van der Waals surface area contributed by atoms with Gasteiger partial charge < -0.3 is 5.32 Å². The topological polar surface area (TPSA) is 98.3 Å². The van der Waals surface area contributed by atoms with E-state index in [1.54, 1.807) is 6.92 Å². The van der Waals surface area contributed by atoms with Crippen LogP contribution in [0.3, 0.4) is 0 Å². The zero-order chi connectivity index (χ0) is 14.7. The van der Waals surface area contributed by atoms with Crippen LogP contribution in [0.2, 0.25) is 0 Å². The summed E-state index contributed by atoms with van der Waals surface area (Å²) >= 11 is 0. The lowest BCUT2D eigenvalue weighted by molar-refractivity contribution is -0.395. The third-order valence-corrected chi connectivity index (χ3v) is 3.78. The Kier molecular flexibility index (Phi) is 4.29. The van der Waals surface area contributed by atoms with Gasteiger partial charge in [0.25, 0.3) is 11.4 Å². The van der Waals surface area contributed by atoms with Crippen molar-refractivity contribution in [3.63, 3.8) is 0 Å². The average Bonchev–Trinajstić information content (AvgIpc) is 2.46. The first-order valence-electron chi connectivity index (χ1n) is 6.71. The van der Waals surface area contributed by atoms with Crippen molar-refractivity contribution in [1.29, 1.82) is 0 Å². The second-order valence-electron chi connectivity index (χ2n) is 4.93. The Balaban J connectivity index is 2.53. The second-order valence-corrected chi connectivity index (χ2v) is 4.93. The van der Waals surface area contributed by atoms with Crippen LogP contribution in [0.4, 0.5) is 11.4 Å². The minimum Gasteiger partial charge on any atom is -0.317 e.